The van der Waals surface area contributed by atoms with E-state index in [-0.39, 0.29) is 0 Å². The maximum atomic E-state index is 3.19. The minimum atomic E-state index is 0.693. The van der Waals surface area contributed by atoms with Gasteiger partial charge < -0.3 is 15.1 Å². The maximum Gasteiger partial charge on any atom is 0.0387 e. The Labute approximate surface area is 98.0 Å². The van der Waals surface area contributed by atoms with Gasteiger partial charge in [-0.25, -0.2) is 0 Å². The van der Waals surface area contributed by atoms with Crippen molar-refractivity contribution in [3.8, 4) is 0 Å². The van der Waals surface area contributed by atoms with Gasteiger partial charge in [0.2, 0.25) is 0 Å². The van der Waals surface area contributed by atoms with Gasteiger partial charge in [0, 0.05) is 37.6 Å². The summed E-state index contributed by atoms with van der Waals surface area (Å²) in [6.45, 7) is 2.30. The van der Waals surface area contributed by atoms with Gasteiger partial charge in [-0.15, -0.1) is 0 Å². The molecule has 3 nitrogen and oxygen atoms in total. The molecule has 2 rings (SSSR count). The number of rotatable bonds is 3. The molecule has 1 fully saturated rings. The van der Waals surface area contributed by atoms with Crippen LogP contribution >= 0.6 is 0 Å². The zero-order valence-electron chi connectivity index (χ0n) is 10.4. The second-order valence-electron chi connectivity index (χ2n) is 4.65. The van der Waals surface area contributed by atoms with Crippen LogP contribution in [0.2, 0.25) is 0 Å². The van der Waals surface area contributed by atoms with Crippen molar-refractivity contribution in [2.24, 2.45) is 0 Å². The lowest BCUT2D eigenvalue weighted by molar-refractivity contribution is 0.315. The summed E-state index contributed by atoms with van der Waals surface area (Å²) in [5.74, 6) is 0. The summed E-state index contributed by atoms with van der Waals surface area (Å²) in [6.07, 6.45) is 1.26. The molecule has 1 atom stereocenters. The highest BCUT2D eigenvalue weighted by atomic mass is 15.2. The van der Waals surface area contributed by atoms with Gasteiger partial charge in [-0.05, 0) is 38.7 Å². The highest BCUT2D eigenvalue weighted by Crippen LogP contribution is 2.24. The fraction of sp³-hybridized carbons (Fsp3) is 0.538. The maximum absolute atomic E-state index is 3.19. The van der Waals surface area contributed by atoms with Gasteiger partial charge in [-0.1, -0.05) is 6.07 Å². The SMILES string of the molecule is CNc1cccc(N2CCC(N(C)C)C2)c1. The lowest BCUT2D eigenvalue weighted by atomic mass is 10.2. The topological polar surface area (TPSA) is 18.5 Å². The normalized spacial score (nSPS) is 20.5. The number of hydrogen-bond acceptors (Lipinski definition) is 3. The Morgan fingerprint density at radius 2 is 2.19 bits per heavy atom. The molecule has 1 heterocycles. The predicted octanol–water partition coefficient (Wildman–Crippen LogP) is 1.87. The lowest BCUT2D eigenvalue weighted by Crippen LogP contribution is -2.31. The van der Waals surface area contributed by atoms with Crippen molar-refractivity contribution in [3.05, 3.63) is 24.3 Å². The van der Waals surface area contributed by atoms with Crippen LogP contribution < -0.4 is 10.2 Å². The van der Waals surface area contributed by atoms with E-state index < -0.39 is 0 Å². The van der Waals surface area contributed by atoms with E-state index in [0.29, 0.717) is 6.04 Å². The molecule has 0 aromatic heterocycles. The molecule has 1 aromatic rings. The summed E-state index contributed by atoms with van der Waals surface area (Å²) in [4.78, 5) is 4.79. The van der Waals surface area contributed by atoms with Crippen LogP contribution in [0.1, 0.15) is 6.42 Å². The van der Waals surface area contributed by atoms with Crippen LogP contribution in [0.15, 0.2) is 24.3 Å². The Morgan fingerprint density at radius 3 is 2.81 bits per heavy atom. The van der Waals surface area contributed by atoms with Crippen molar-refractivity contribution >= 4 is 11.4 Å². The average molecular weight is 219 g/mol. The molecule has 16 heavy (non-hydrogen) atoms. The molecule has 0 spiro atoms. The average Bonchev–Trinajstić information content (AvgIpc) is 2.78. The Morgan fingerprint density at radius 1 is 1.38 bits per heavy atom. The quantitative estimate of drug-likeness (QED) is 0.837. The van der Waals surface area contributed by atoms with E-state index in [1.165, 1.54) is 17.8 Å². The highest BCUT2D eigenvalue weighted by molar-refractivity contribution is 5.58. The van der Waals surface area contributed by atoms with Crippen LogP contribution in [0.5, 0.6) is 0 Å². The molecule has 1 saturated heterocycles. The van der Waals surface area contributed by atoms with E-state index in [4.69, 9.17) is 0 Å². The number of hydrogen-bond donors (Lipinski definition) is 1. The summed E-state index contributed by atoms with van der Waals surface area (Å²) in [7, 11) is 6.29. The third-order valence-corrected chi connectivity index (χ3v) is 3.39. The van der Waals surface area contributed by atoms with E-state index in [1.807, 2.05) is 7.05 Å². The van der Waals surface area contributed by atoms with Crippen LogP contribution in [0.3, 0.4) is 0 Å². The summed E-state index contributed by atoms with van der Waals surface area (Å²) >= 11 is 0. The van der Waals surface area contributed by atoms with Crippen molar-refractivity contribution < 1.29 is 0 Å². The molecule has 1 unspecified atom stereocenters. The Bertz CT molecular complexity index is 349. The smallest absolute Gasteiger partial charge is 0.0387 e. The van der Waals surface area contributed by atoms with Crippen LogP contribution in [-0.2, 0) is 0 Å². The number of likely N-dealkylation sites (N-methyl/N-ethyl adjacent to an activating group) is 1. The molecule has 1 aliphatic heterocycles. The monoisotopic (exact) mass is 219 g/mol. The minimum Gasteiger partial charge on any atom is -0.388 e. The first-order valence-corrected chi connectivity index (χ1v) is 5.90. The van der Waals surface area contributed by atoms with E-state index in [2.05, 4.69) is 53.5 Å². The van der Waals surface area contributed by atoms with E-state index in [1.54, 1.807) is 0 Å². The lowest BCUT2D eigenvalue weighted by Gasteiger charge is -2.22. The molecule has 3 heteroatoms. The number of nitrogens with one attached hydrogen (secondary N) is 1. The largest absolute Gasteiger partial charge is 0.388 e. The van der Waals surface area contributed by atoms with Crippen LogP contribution in [0.4, 0.5) is 11.4 Å². The summed E-state index contributed by atoms with van der Waals surface area (Å²) in [5, 5.41) is 3.19. The highest BCUT2D eigenvalue weighted by Gasteiger charge is 2.23. The predicted molar refractivity (Wildman–Crippen MR) is 70.3 cm³/mol. The van der Waals surface area contributed by atoms with Gasteiger partial charge in [0.25, 0.3) is 0 Å². The fourth-order valence-electron chi connectivity index (χ4n) is 2.26. The van der Waals surface area contributed by atoms with Crippen molar-refractivity contribution in [2.45, 2.75) is 12.5 Å². The first kappa shape index (κ1) is 11.3. The van der Waals surface area contributed by atoms with Crippen LogP contribution in [-0.4, -0.2) is 45.2 Å². The first-order chi connectivity index (χ1) is 7.70. The number of benzene rings is 1. The molecule has 1 aliphatic rings. The van der Waals surface area contributed by atoms with Gasteiger partial charge in [0.15, 0.2) is 0 Å². The van der Waals surface area contributed by atoms with Crippen molar-refractivity contribution in [1.82, 2.24) is 4.90 Å². The second-order valence-corrected chi connectivity index (χ2v) is 4.65. The first-order valence-electron chi connectivity index (χ1n) is 5.90. The Balaban J connectivity index is 2.08. The second kappa shape index (κ2) is 4.74. The molecule has 0 aliphatic carbocycles. The van der Waals surface area contributed by atoms with Gasteiger partial charge in [-0.3, -0.25) is 0 Å². The minimum absolute atomic E-state index is 0.693. The van der Waals surface area contributed by atoms with Crippen LogP contribution in [0.25, 0.3) is 0 Å². The van der Waals surface area contributed by atoms with Crippen molar-refractivity contribution in [3.63, 3.8) is 0 Å². The summed E-state index contributed by atoms with van der Waals surface area (Å²) in [5.41, 5.74) is 2.52. The van der Waals surface area contributed by atoms with Crippen molar-refractivity contribution in [2.75, 3.05) is 44.4 Å². The van der Waals surface area contributed by atoms with Crippen LogP contribution in [0, 0.1) is 0 Å². The fourth-order valence-corrected chi connectivity index (χ4v) is 2.26. The third-order valence-electron chi connectivity index (χ3n) is 3.39. The van der Waals surface area contributed by atoms with E-state index in [0.717, 1.165) is 13.1 Å². The standard InChI is InChI=1S/C13H21N3/c1-14-11-5-4-6-12(9-11)16-8-7-13(10-16)15(2)3/h4-6,9,13-14H,7-8,10H2,1-3H3. The molecule has 1 N–H and O–H groups in total. The van der Waals surface area contributed by atoms with Gasteiger partial charge >= 0.3 is 0 Å². The zero-order valence-corrected chi connectivity index (χ0v) is 10.4. The van der Waals surface area contributed by atoms with Gasteiger partial charge in [0.05, 0.1) is 0 Å². The molecular formula is C13H21N3. The molecule has 0 saturated carbocycles. The molecule has 88 valence electrons. The van der Waals surface area contributed by atoms with Gasteiger partial charge in [0.1, 0.15) is 0 Å². The van der Waals surface area contributed by atoms with E-state index in [9.17, 15) is 0 Å². The summed E-state index contributed by atoms with van der Waals surface area (Å²) in [6, 6.07) is 9.32. The Kier molecular flexibility index (Phi) is 3.34. The molecular weight excluding hydrogens is 198 g/mol. The third kappa shape index (κ3) is 2.30. The number of anilines is 2. The number of nitrogens with zero attached hydrogens (tertiary/aromatic N) is 2. The zero-order chi connectivity index (χ0) is 11.5. The van der Waals surface area contributed by atoms with Crippen molar-refractivity contribution in [1.29, 1.82) is 0 Å². The molecule has 0 amide bonds. The molecule has 0 bridgehead atoms. The summed E-state index contributed by atoms with van der Waals surface area (Å²) < 4.78 is 0. The molecule has 0 radical (unpaired) electrons. The van der Waals surface area contributed by atoms with Gasteiger partial charge in [-0.2, -0.15) is 0 Å². The molecule has 1 aromatic carbocycles. The Hall–Kier alpha value is -1.22. The van der Waals surface area contributed by atoms with E-state index >= 15 is 0 Å².